The zero-order valence-electron chi connectivity index (χ0n) is 13.6. The van der Waals surface area contributed by atoms with E-state index in [1.165, 1.54) is 5.56 Å². The minimum Gasteiger partial charge on any atom is -0.379 e. The van der Waals surface area contributed by atoms with E-state index in [0.29, 0.717) is 11.7 Å². The molecule has 0 amide bonds. The Hall–Kier alpha value is -2.23. The van der Waals surface area contributed by atoms with Crippen molar-refractivity contribution in [3.63, 3.8) is 0 Å². The maximum absolute atomic E-state index is 9.40. The maximum atomic E-state index is 9.40. The maximum Gasteiger partial charge on any atom is 0.247 e. The monoisotopic (exact) mass is 324 g/mol. The van der Waals surface area contributed by atoms with Gasteiger partial charge < -0.3 is 9.26 Å². The highest BCUT2D eigenvalue weighted by molar-refractivity contribution is 5.55. The van der Waals surface area contributed by atoms with Crippen LogP contribution in [-0.4, -0.2) is 41.3 Å². The van der Waals surface area contributed by atoms with E-state index in [-0.39, 0.29) is 0 Å². The first-order valence-corrected chi connectivity index (χ1v) is 8.44. The van der Waals surface area contributed by atoms with Crippen molar-refractivity contribution in [3.8, 4) is 17.5 Å². The highest BCUT2D eigenvalue weighted by atomic mass is 16.5. The number of nitrogens with zero attached hydrogens (tertiary/aromatic N) is 4. The van der Waals surface area contributed by atoms with Crippen LogP contribution >= 0.6 is 0 Å². The van der Waals surface area contributed by atoms with Gasteiger partial charge in [-0.15, -0.1) is 0 Å². The van der Waals surface area contributed by atoms with Gasteiger partial charge >= 0.3 is 0 Å². The summed E-state index contributed by atoms with van der Waals surface area (Å²) >= 11 is 0. The number of hydrogen-bond acceptors (Lipinski definition) is 6. The van der Waals surface area contributed by atoms with Crippen LogP contribution in [0.25, 0.3) is 11.4 Å². The molecule has 1 aromatic carbocycles. The van der Waals surface area contributed by atoms with Gasteiger partial charge in [0, 0.05) is 25.2 Å². The van der Waals surface area contributed by atoms with Crippen molar-refractivity contribution in [2.75, 3.05) is 26.3 Å². The van der Waals surface area contributed by atoms with E-state index in [4.69, 9.17) is 9.26 Å². The smallest absolute Gasteiger partial charge is 0.247 e. The Labute approximate surface area is 141 Å². The minimum atomic E-state index is -0.559. The van der Waals surface area contributed by atoms with Gasteiger partial charge in [-0.2, -0.15) is 10.2 Å². The van der Waals surface area contributed by atoms with Gasteiger partial charge in [0.15, 0.2) is 0 Å². The fourth-order valence-corrected chi connectivity index (χ4v) is 3.27. The van der Waals surface area contributed by atoms with Crippen molar-refractivity contribution in [2.24, 2.45) is 0 Å². The molecule has 4 rings (SSSR count). The summed E-state index contributed by atoms with van der Waals surface area (Å²) in [5, 5.41) is 13.5. The van der Waals surface area contributed by atoms with Crippen molar-refractivity contribution < 1.29 is 9.26 Å². The van der Waals surface area contributed by atoms with Crippen LogP contribution in [0.15, 0.2) is 28.8 Å². The molecule has 0 bridgehead atoms. The molecule has 1 aromatic heterocycles. The molecule has 1 saturated heterocycles. The van der Waals surface area contributed by atoms with Crippen LogP contribution in [0.3, 0.4) is 0 Å². The van der Waals surface area contributed by atoms with Crippen molar-refractivity contribution in [1.82, 2.24) is 15.0 Å². The van der Waals surface area contributed by atoms with Crippen LogP contribution in [-0.2, 0) is 16.7 Å². The summed E-state index contributed by atoms with van der Waals surface area (Å²) in [4.78, 5) is 6.88. The molecule has 1 aliphatic heterocycles. The van der Waals surface area contributed by atoms with Crippen molar-refractivity contribution in [2.45, 2.75) is 31.2 Å². The predicted molar refractivity (Wildman–Crippen MR) is 87.0 cm³/mol. The average molecular weight is 324 g/mol. The predicted octanol–water partition coefficient (Wildman–Crippen LogP) is 2.51. The van der Waals surface area contributed by atoms with Crippen molar-refractivity contribution >= 4 is 0 Å². The lowest BCUT2D eigenvalue weighted by atomic mass is 9.70. The molecule has 0 spiro atoms. The summed E-state index contributed by atoms with van der Waals surface area (Å²) in [6.07, 6.45) is 2.66. The standard InChI is InChI=1S/C18H20N4O2/c19-13-18(5-2-6-18)17-20-16(21-24-17)15-4-1-3-14(11-15)12-22-7-9-23-10-8-22/h1,3-4,11H,2,5-10,12H2. The zero-order chi connectivity index (χ0) is 16.4. The third-order valence-corrected chi connectivity index (χ3v) is 4.95. The fourth-order valence-electron chi connectivity index (χ4n) is 3.27. The Balaban J connectivity index is 1.53. The quantitative estimate of drug-likeness (QED) is 0.860. The molecule has 2 heterocycles. The number of rotatable bonds is 4. The lowest BCUT2D eigenvalue weighted by Crippen LogP contribution is -2.35. The van der Waals surface area contributed by atoms with E-state index in [2.05, 4.69) is 33.2 Å². The summed E-state index contributed by atoms with van der Waals surface area (Å²) in [6, 6.07) is 10.6. The van der Waals surface area contributed by atoms with Crippen LogP contribution in [0, 0.1) is 11.3 Å². The molecule has 0 atom stereocenters. The number of benzene rings is 1. The average Bonchev–Trinajstić information content (AvgIpc) is 3.06. The van der Waals surface area contributed by atoms with Gasteiger partial charge in [0.25, 0.3) is 0 Å². The van der Waals surface area contributed by atoms with Gasteiger partial charge in [0.05, 0.1) is 19.3 Å². The number of ether oxygens (including phenoxy) is 1. The summed E-state index contributed by atoms with van der Waals surface area (Å²) < 4.78 is 10.8. The van der Waals surface area contributed by atoms with Gasteiger partial charge in [-0.05, 0) is 30.9 Å². The van der Waals surface area contributed by atoms with Crippen molar-refractivity contribution in [3.05, 3.63) is 35.7 Å². The second-order valence-electron chi connectivity index (χ2n) is 6.56. The van der Waals surface area contributed by atoms with E-state index in [1.807, 2.05) is 12.1 Å². The number of hydrogen-bond donors (Lipinski definition) is 0. The van der Waals surface area contributed by atoms with E-state index in [9.17, 15) is 5.26 Å². The first-order valence-electron chi connectivity index (χ1n) is 8.44. The van der Waals surface area contributed by atoms with Gasteiger partial charge in [-0.3, -0.25) is 4.90 Å². The van der Waals surface area contributed by atoms with Gasteiger partial charge in [-0.1, -0.05) is 23.4 Å². The molecule has 0 N–H and O–H groups in total. The largest absolute Gasteiger partial charge is 0.379 e. The number of morpholine rings is 1. The molecule has 24 heavy (non-hydrogen) atoms. The minimum absolute atomic E-state index is 0.463. The van der Waals surface area contributed by atoms with Crippen LogP contribution in [0.1, 0.15) is 30.7 Å². The van der Waals surface area contributed by atoms with E-state index < -0.39 is 5.41 Å². The van der Waals surface area contributed by atoms with Crippen LogP contribution < -0.4 is 0 Å². The lowest BCUT2D eigenvalue weighted by molar-refractivity contribution is 0.0342. The van der Waals surface area contributed by atoms with Crippen LogP contribution in [0.5, 0.6) is 0 Å². The third-order valence-electron chi connectivity index (χ3n) is 4.95. The Morgan fingerprint density at radius 2 is 2.08 bits per heavy atom. The Kier molecular flexibility index (Phi) is 4.05. The van der Waals surface area contributed by atoms with E-state index in [1.54, 1.807) is 0 Å². The first kappa shape index (κ1) is 15.3. The molecule has 6 heteroatoms. The Bertz CT molecular complexity index is 754. The second-order valence-corrected chi connectivity index (χ2v) is 6.56. The molecule has 6 nitrogen and oxygen atoms in total. The summed E-state index contributed by atoms with van der Waals surface area (Å²) in [5.41, 5.74) is 1.60. The molecule has 2 fully saturated rings. The number of aromatic nitrogens is 2. The van der Waals surface area contributed by atoms with E-state index in [0.717, 1.165) is 57.7 Å². The highest BCUT2D eigenvalue weighted by Crippen LogP contribution is 2.42. The molecule has 1 aliphatic carbocycles. The Morgan fingerprint density at radius 1 is 1.25 bits per heavy atom. The SMILES string of the molecule is N#CC1(c2nc(-c3cccc(CN4CCOCC4)c3)no2)CCC1. The Morgan fingerprint density at radius 3 is 2.79 bits per heavy atom. The van der Waals surface area contributed by atoms with Gasteiger partial charge in [-0.25, -0.2) is 0 Å². The molecule has 2 aliphatic rings. The van der Waals surface area contributed by atoms with Gasteiger partial charge in [0.1, 0.15) is 5.41 Å². The molecular weight excluding hydrogens is 304 g/mol. The molecule has 2 aromatic rings. The highest BCUT2D eigenvalue weighted by Gasteiger charge is 2.44. The number of nitriles is 1. The summed E-state index contributed by atoms with van der Waals surface area (Å²) in [7, 11) is 0. The topological polar surface area (TPSA) is 75.2 Å². The van der Waals surface area contributed by atoms with E-state index >= 15 is 0 Å². The summed E-state index contributed by atoms with van der Waals surface area (Å²) in [6.45, 7) is 4.40. The van der Waals surface area contributed by atoms with Crippen molar-refractivity contribution in [1.29, 1.82) is 5.26 Å². The van der Waals surface area contributed by atoms with Gasteiger partial charge in [0.2, 0.25) is 11.7 Å². The molecule has 1 saturated carbocycles. The molecule has 0 unspecified atom stereocenters. The molecular formula is C18H20N4O2. The normalized spacial score (nSPS) is 20.3. The van der Waals surface area contributed by atoms with Crippen LogP contribution in [0.2, 0.25) is 0 Å². The molecule has 124 valence electrons. The third kappa shape index (κ3) is 2.81. The lowest BCUT2D eigenvalue weighted by Gasteiger charge is -2.30. The fraction of sp³-hybridized carbons (Fsp3) is 0.500. The summed E-state index contributed by atoms with van der Waals surface area (Å²) in [5.74, 6) is 1.03. The first-order chi connectivity index (χ1) is 11.8. The zero-order valence-corrected chi connectivity index (χ0v) is 13.6. The molecule has 0 radical (unpaired) electrons. The second kappa shape index (κ2) is 6.34. The van der Waals surface area contributed by atoms with Crippen LogP contribution in [0.4, 0.5) is 0 Å².